The second-order valence-electron chi connectivity index (χ2n) is 2.96. The third-order valence-corrected chi connectivity index (χ3v) is 1.95. The number of imidazole rings is 1. The second kappa shape index (κ2) is 3.41. The number of aromatic amines is 1. The van der Waals surface area contributed by atoms with E-state index in [-0.39, 0.29) is 0 Å². The first-order valence-corrected chi connectivity index (χ1v) is 4.23. The molecule has 0 aromatic carbocycles. The van der Waals surface area contributed by atoms with Crippen LogP contribution in [-0.2, 0) is 0 Å². The molecule has 14 heavy (non-hydrogen) atoms. The second-order valence-corrected chi connectivity index (χ2v) is 2.96. The normalized spacial score (nSPS) is 10.1. The molecule has 0 amide bonds. The zero-order valence-corrected chi connectivity index (χ0v) is 7.69. The van der Waals surface area contributed by atoms with E-state index in [0.29, 0.717) is 12.1 Å². The first kappa shape index (κ1) is 8.62. The van der Waals surface area contributed by atoms with Crippen molar-refractivity contribution in [2.24, 2.45) is 0 Å². The van der Waals surface area contributed by atoms with E-state index in [1.807, 2.05) is 19.1 Å². The van der Waals surface area contributed by atoms with Crippen molar-refractivity contribution in [2.45, 2.75) is 6.92 Å². The van der Waals surface area contributed by atoms with Gasteiger partial charge in [-0.15, -0.1) is 0 Å². The highest BCUT2D eigenvalue weighted by Gasteiger charge is 2.07. The maximum Gasteiger partial charge on any atom is 0.185 e. The summed E-state index contributed by atoms with van der Waals surface area (Å²) >= 11 is 0. The molecule has 0 atom stereocenters. The number of carbonyl (C=O) groups excluding carboxylic acids is 1. The lowest BCUT2D eigenvalue weighted by atomic mass is 10.2. The van der Waals surface area contributed by atoms with Crippen LogP contribution in [0.5, 0.6) is 0 Å². The van der Waals surface area contributed by atoms with Crippen LogP contribution >= 0.6 is 0 Å². The van der Waals surface area contributed by atoms with Crippen molar-refractivity contribution >= 4 is 6.29 Å². The monoisotopic (exact) mass is 187 g/mol. The van der Waals surface area contributed by atoms with Gasteiger partial charge in [-0.05, 0) is 19.1 Å². The lowest BCUT2D eigenvalue weighted by Crippen LogP contribution is -1.82. The van der Waals surface area contributed by atoms with Crippen molar-refractivity contribution in [1.82, 2.24) is 15.0 Å². The molecule has 2 heterocycles. The van der Waals surface area contributed by atoms with Crippen LogP contribution < -0.4 is 0 Å². The van der Waals surface area contributed by atoms with E-state index >= 15 is 0 Å². The van der Waals surface area contributed by atoms with E-state index in [0.717, 1.165) is 17.0 Å². The summed E-state index contributed by atoms with van der Waals surface area (Å²) < 4.78 is 0. The molecular formula is C10H9N3O. The van der Waals surface area contributed by atoms with Gasteiger partial charge in [-0.25, -0.2) is 4.98 Å². The van der Waals surface area contributed by atoms with Gasteiger partial charge in [-0.1, -0.05) is 0 Å². The van der Waals surface area contributed by atoms with Crippen molar-refractivity contribution in [1.29, 1.82) is 0 Å². The molecule has 0 aliphatic carbocycles. The summed E-state index contributed by atoms with van der Waals surface area (Å²) in [6.45, 7) is 1.88. The quantitative estimate of drug-likeness (QED) is 0.726. The van der Waals surface area contributed by atoms with Crippen LogP contribution in [0.4, 0.5) is 0 Å². The highest BCUT2D eigenvalue weighted by molar-refractivity contribution is 5.72. The highest BCUT2D eigenvalue weighted by atomic mass is 16.1. The largest absolute Gasteiger partial charge is 0.339 e. The molecule has 0 aliphatic heterocycles. The maximum atomic E-state index is 10.5. The molecule has 2 aromatic rings. The van der Waals surface area contributed by atoms with E-state index < -0.39 is 0 Å². The lowest BCUT2D eigenvalue weighted by molar-refractivity contribution is 0.111. The highest BCUT2D eigenvalue weighted by Crippen LogP contribution is 2.18. The average Bonchev–Trinajstić information content (AvgIpc) is 2.61. The Balaban J connectivity index is 2.51. The lowest BCUT2D eigenvalue weighted by Gasteiger charge is -1.95. The van der Waals surface area contributed by atoms with Gasteiger partial charge in [0.25, 0.3) is 0 Å². The van der Waals surface area contributed by atoms with Gasteiger partial charge >= 0.3 is 0 Å². The molecule has 2 rings (SSSR count). The van der Waals surface area contributed by atoms with Crippen LogP contribution in [-0.4, -0.2) is 21.2 Å². The Morgan fingerprint density at radius 1 is 1.50 bits per heavy atom. The van der Waals surface area contributed by atoms with E-state index in [1.54, 1.807) is 12.4 Å². The van der Waals surface area contributed by atoms with Crippen LogP contribution in [0.15, 0.2) is 24.5 Å². The standard InChI is InChI=1S/C10H9N3O/c1-7-10(13-9(6-14)12-7)8-3-2-4-11-5-8/h2-6H,1H3,(H,12,13). The number of pyridine rings is 1. The van der Waals surface area contributed by atoms with Crippen molar-refractivity contribution in [2.75, 3.05) is 0 Å². The van der Waals surface area contributed by atoms with Gasteiger partial charge in [0.2, 0.25) is 0 Å². The van der Waals surface area contributed by atoms with Gasteiger partial charge in [0, 0.05) is 23.7 Å². The number of H-pyrrole nitrogens is 1. The first-order chi connectivity index (χ1) is 6.81. The molecule has 0 fully saturated rings. The molecule has 0 bridgehead atoms. The summed E-state index contributed by atoms with van der Waals surface area (Å²) in [6, 6.07) is 3.74. The van der Waals surface area contributed by atoms with Gasteiger partial charge < -0.3 is 4.98 Å². The summed E-state index contributed by atoms with van der Waals surface area (Å²) in [4.78, 5) is 21.5. The zero-order chi connectivity index (χ0) is 9.97. The number of carbonyl (C=O) groups is 1. The molecular weight excluding hydrogens is 178 g/mol. The molecule has 0 radical (unpaired) electrons. The van der Waals surface area contributed by atoms with E-state index in [4.69, 9.17) is 0 Å². The fourth-order valence-corrected chi connectivity index (χ4v) is 1.32. The summed E-state index contributed by atoms with van der Waals surface area (Å²) in [5.41, 5.74) is 2.56. The topological polar surface area (TPSA) is 58.6 Å². The Hall–Kier alpha value is -1.97. The Morgan fingerprint density at radius 3 is 2.93 bits per heavy atom. The smallest absolute Gasteiger partial charge is 0.185 e. The number of aromatic nitrogens is 3. The van der Waals surface area contributed by atoms with E-state index in [2.05, 4.69) is 15.0 Å². The molecule has 0 unspecified atom stereocenters. The van der Waals surface area contributed by atoms with Crippen LogP contribution in [0, 0.1) is 6.92 Å². The van der Waals surface area contributed by atoms with Crippen LogP contribution in [0.1, 0.15) is 16.3 Å². The number of hydrogen-bond donors (Lipinski definition) is 1. The van der Waals surface area contributed by atoms with Gasteiger partial charge in [0.1, 0.15) is 0 Å². The van der Waals surface area contributed by atoms with Crippen molar-refractivity contribution in [3.63, 3.8) is 0 Å². The van der Waals surface area contributed by atoms with Crippen LogP contribution in [0.25, 0.3) is 11.3 Å². The number of nitrogens with zero attached hydrogens (tertiary/aromatic N) is 2. The van der Waals surface area contributed by atoms with Crippen molar-refractivity contribution in [3.05, 3.63) is 36.0 Å². The zero-order valence-electron chi connectivity index (χ0n) is 7.69. The fourth-order valence-electron chi connectivity index (χ4n) is 1.32. The minimum atomic E-state index is 0.348. The Labute approximate surface area is 81.0 Å². The van der Waals surface area contributed by atoms with Gasteiger partial charge in [0.15, 0.2) is 12.1 Å². The number of aldehydes is 1. The van der Waals surface area contributed by atoms with Gasteiger partial charge in [0.05, 0.1) is 5.69 Å². The molecule has 70 valence electrons. The van der Waals surface area contributed by atoms with Crippen molar-refractivity contribution < 1.29 is 4.79 Å². The molecule has 4 heteroatoms. The SMILES string of the molecule is Cc1[nH]c(C=O)nc1-c1cccnc1. The third-order valence-electron chi connectivity index (χ3n) is 1.95. The number of aryl methyl sites for hydroxylation is 1. The van der Waals surface area contributed by atoms with Gasteiger partial charge in [-0.2, -0.15) is 0 Å². The molecule has 0 aliphatic rings. The average molecular weight is 187 g/mol. The maximum absolute atomic E-state index is 10.5. The van der Waals surface area contributed by atoms with E-state index in [1.165, 1.54) is 0 Å². The number of rotatable bonds is 2. The van der Waals surface area contributed by atoms with E-state index in [9.17, 15) is 4.79 Å². The molecule has 0 saturated carbocycles. The summed E-state index contributed by atoms with van der Waals surface area (Å²) in [5.74, 6) is 0.348. The van der Waals surface area contributed by atoms with Crippen molar-refractivity contribution in [3.8, 4) is 11.3 Å². The fraction of sp³-hybridized carbons (Fsp3) is 0.100. The van der Waals surface area contributed by atoms with Gasteiger partial charge in [-0.3, -0.25) is 9.78 Å². The summed E-state index contributed by atoms with van der Waals surface area (Å²) in [5, 5.41) is 0. The molecule has 4 nitrogen and oxygen atoms in total. The van der Waals surface area contributed by atoms with Crippen LogP contribution in [0.2, 0.25) is 0 Å². The molecule has 0 spiro atoms. The molecule has 0 saturated heterocycles. The Kier molecular flexibility index (Phi) is 2.10. The minimum absolute atomic E-state index is 0.348. The predicted octanol–water partition coefficient (Wildman–Crippen LogP) is 1.59. The summed E-state index contributed by atoms with van der Waals surface area (Å²) in [7, 11) is 0. The Morgan fingerprint density at radius 2 is 2.36 bits per heavy atom. The Bertz CT molecular complexity index is 448. The van der Waals surface area contributed by atoms with Crippen LogP contribution in [0.3, 0.4) is 0 Å². The molecule has 2 aromatic heterocycles. The first-order valence-electron chi connectivity index (χ1n) is 4.23. The minimum Gasteiger partial charge on any atom is -0.339 e. The number of nitrogens with one attached hydrogen (secondary N) is 1. The summed E-state index contributed by atoms with van der Waals surface area (Å²) in [6.07, 6.45) is 4.12. The third kappa shape index (κ3) is 1.42. The predicted molar refractivity (Wildman–Crippen MR) is 51.9 cm³/mol. The molecule has 1 N–H and O–H groups in total. The number of hydrogen-bond acceptors (Lipinski definition) is 3.